The summed E-state index contributed by atoms with van der Waals surface area (Å²) < 4.78 is 14.0. The Morgan fingerprint density at radius 3 is 1.39 bits per heavy atom. The quantitative estimate of drug-likeness (QED) is 0.0394. The van der Waals surface area contributed by atoms with Crippen LogP contribution in [0, 0.1) is 6.92 Å². The van der Waals surface area contributed by atoms with Crippen LogP contribution in [0.1, 0.15) is 287 Å². The summed E-state index contributed by atoms with van der Waals surface area (Å²) in [6.45, 7) is 23.7. The molecule has 0 fully saturated rings. The van der Waals surface area contributed by atoms with Gasteiger partial charge >= 0.3 is 0 Å². The van der Waals surface area contributed by atoms with Crippen LogP contribution in [0.25, 0.3) is 88.4 Å². The number of benzene rings is 9. The zero-order chi connectivity index (χ0) is 68.5. The van der Waals surface area contributed by atoms with E-state index < -0.39 is 0 Å². The van der Waals surface area contributed by atoms with Crippen LogP contribution in [0.5, 0.6) is 0 Å². The molecule has 2 aromatic heterocycles. The van der Waals surface area contributed by atoms with E-state index in [4.69, 9.17) is 8.83 Å². The normalized spacial score (nSPS) is 14.5. The van der Waals surface area contributed by atoms with Crippen LogP contribution < -0.4 is 4.90 Å². The van der Waals surface area contributed by atoms with Gasteiger partial charge in [0.05, 0.1) is 0 Å². The van der Waals surface area contributed by atoms with Gasteiger partial charge in [0.1, 0.15) is 22.3 Å². The zero-order valence-corrected chi connectivity index (χ0v) is 62.2. The van der Waals surface area contributed by atoms with Crippen LogP contribution in [0.4, 0.5) is 17.1 Å². The molecule has 0 spiro atoms. The first-order valence-electron chi connectivity index (χ1n) is 39.7. The molecule has 3 aliphatic carbocycles. The topological polar surface area (TPSA) is 29.5 Å². The Labute approximate surface area is 594 Å². The van der Waals surface area contributed by atoms with Crippen LogP contribution in [-0.2, 0) is 21.7 Å². The van der Waals surface area contributed by atoms with E-state index in [0.717, 1.165) is 35.2 Å². The molecule has 3 aliphatic rings. The lowest BCUT2D eigenvalue weighted by Gasteiger charge is -2.35. The summed E-state index contributed by atoms with van der Waals surface area (Å²) >= 11 is 0. The molecule has 514 valence electrons. The number of unbranched alkanes of at least 4 members (excludes halogenated alkanes) is 20. The number of fused-ring (bicyclic) bond motifs is 17. The van der Waals surface area contributed by atoms with Crippen molar-refractivity contribution >= 4 is 60.9 Å². The molecule has 0 unspecified atom stereocenters. The lowest BCUT2D eigenvalue weighted by molar-refractivity contribution is 0.394. The van der Waals surface area contributed by atoms with Crippen molar-refractivity contribution in [2.45, 2.75) is 271 Å². The molecule has 9 aromatic carbocycles. The van der Waals surface area contributed by atoms with E-state index in [1.165, 1.54) is 272 Å². The molecule has 3 nitrogen and oxygen atoms in total. The second-order valence-electron chi connectivity index (χ2n) is 32.3. The number of hydrogen-bond donors (Lipinski definition) is 0. The molecule has 0 saturated carbocycles. The Bertz CT molecular complexity index is 4650. The van der Waals surface area contributed by atoms with Crippen molar-refractivity contribution < 1.29 is 8.83 Å². The number of nitrogens with zero attached hydrogens (tertiary/aromatic N) is 1. The third-order valence-electron chi connectivity index (χ3n) is 24.3. The van der Waals surface area contributed by atoms with Gasteiger partial charge in [-0.3, -0.25) is 0 Å². The Morgan fingerprint density at radius 2 is 0.798 bits per heavy atom. The summed E-state index contributed by atoms with van der Waals surface area (Å²) in [6, 6.07) is 64.4. The molecular weight excluding hydrogens is 1200 g/mol. The van der Waals surface area contributed by atoms with Gasteiger partial charge in [0.2, 0.25) is 0 Å². The van der Waals surface area contributed by atoms with E-state index in [9.17, 15) is 0 Å². The van der Waals surface area contributed by atoms with Crippen LogP contribution >= 0.6 is 0 Å². The molecule has 2 heterocycles. The molecule has 11 aromatic rings. The molecule has 0 bridgehead atoms. The Kier molecular flexibility index (Phi) is 20.2. The van der Waals surface area contributed by atoms with Gasteiger partial charge in [-0.25, -0.2) is 0 Å². The maximum Gasteiger partial charge on any atom is 0.143 e. The standard InChI is InChI=1S/C96H113NO2/c1-11-15-19-23-27-39-57-95(58-40-28-24-20-16-12-2)78-55-56-87-90(72-45-33-37-49-85(72)98-87)89(78)76-65-81-74(63-82(76)95)70-53-51-68(62-80(70)96(81,59-41-29-25-21-17-13-3)60-42-30-26-22-18-14-4)97(84-48-36-31-43-66(84)5)67-52-54-71-79(61-67)94(9,10)83-64-75(69-44-32-35-47-77(69)93(6,7)8)92-91(88(71)83)73-46-34-38-50-86(73)99-92/h31-38,43-56,61-65H,11-30,39-42,57-60H2,1-10H3. The molecule has 0 aliphatic heterocycles. The minimum atomic E-state index is -0.328. The number of aryl methyl sites for hydroxylation is 1. The first-order chi connectivity index (χ1) is 48.3. The van der Waals surface area contributed by atoms with Gasteiger partial charge in [-0.15, -0.1) is 0 Å². The van der Waals surface area contributed by atoms with Crippen molar-refractivity contribution in [2.24, 2.45) is 0 Å². The number of para-hydroxylation sites is 3. The summed E-state index contributed by atoms with van der Waals surface area (Å²) in [4.78, 5) is 2.65. The molecule has 99 heavy (non-hydrogen) atoms. The summed E-state index contributed by atoms with van der Waals surface area (Å²) in [5.74, 6) is 0. The first-order valence-corrected chi connectivity index (χ1v) is 39.7. The summed E-state index contributed by atoms with van der Waals surface area (Å²) in [5.41, 5.74) is 29.5. The van der Waals surface area contributed by atoms with Gasteiger partial charge < -0.3 is 13.7 Å². The van der Waals surface area contributed by atoms with Crippen molar-refractivity contribution in [1.82, 2.24) is 0 Å². The zero-order valence-electron chi connectivity index (χ0n) is 62.2. The van der Waals surface area contributed by atoms with E-state index in [0.29, 0.717) is 0 Å². The minimum absolute atomic E-state index is 0.0652. The summed E-state index contributed by atoms with van der Waals surface area (Å²) in [7, 11) is 0. The lowest BCUT2D eigenvalue weighted by Crippen LogP contribution is -2.27. The lowest BCUT2D eigenvalue weighted by atomic mass is 9.68. The van der Waals surface area contributed by atoms with E-state index in [-0.39, 0.29) is 21.7 Å². The van der Waals surface area contributed by atoms with Gasteiger partial charge in [-0.1, -0.05) is 313 Å². The van der Waals surface area contributed by atoms with Crippen molar-refractivity contribution in [2.75, 3.05) is 4.90 Å². The number of hydrogen-bond acceptors (Lipinski definition) is 3. The number of anilines is 3. The van der Waals surface area contributed by atoms with Crippen LogP contribution in [-0.4, -0.2) is 0 Å². The Balaban J connectivity index is 0.969. The van der Waals surface area contributed by atoms with Gasteiger partial charge in [0.25, 0.3) is 0 Å². The predicted molar refractivity (Wildman–Crippen MR) is 427 cm³/mol. The van der Waals surface area contributed by atoms with Gasteiger partial charge in [0, 0.05) is 60.4 Å². The van der Waals surface area contributed by atoms with E-state index in [2.05, 4.69) is 238 Å². The molecule has 14 rings (SSSR count). The third kappa shape index (κ3) is 12.5. The monoisotopic (exact) mass is 1310 g/mol. The van der Waals surface area contributed by atoms with Crippen LogP contribution in [0.15, 0.2) is 173 Å². The van der Waals surface area contributed by atoms with E-state index in [1.807, 2.05) is 0 Å². The molecular formula is C96H113NO2. The summed E-state index contributed by atoms with van der Waals surface area (Å²) in [5, 5.41) is 4.99. The molecule has 3 heteroatoms. The van der Waals surface area contributed by atoms with Crippen molar-refractivity contribution in [3.8, 4) is 44.5 Å². The largest absolute Gasteiger partial charge is 0.456 e. The smallest absolute Gasteiger partial charge is 0.143 e. The van der Waals surface area contributed by atoms with Crippen LogP contribution in [0.3, 0.4) is 0 Å². The van der Waals surface area contributed by atoms with Crippen molar-refractivity contribution in [3.63, 3.8) is 0 Å². The van der Waals surface area contributed by atoms with Crippen molar-refractivity contribution in [1.29, 1.82) is 0 Å². The highest BCUT2D eigenvalue weighted by Crippen LogP contribution is 2.64. The molecule has 0 atom stereocenters. The number of furan rings is 2. The maximum absolute atomic E-state index is 7.10. The van der Waals surface area contributed by atoms with Gasteiger partial charge in [-0.05, 0) is 188 Å². The Morgan fingerprint density at radius 1 is 0.343 bits per heavy atom. The summed E-state index contributed by atoms with van der Waals surface area (Å²) in [6.07, 6.45) is 35.7. The third-order valence-corrected chi connectivity index (χ3v) is 24.3. The molecule has 0 radical (unpaired) electrons. The first kappa shape index (κ1) is 68.5. The fourth-order valence-electron chi connectivity index (χ4n) is 19.1. The molecule has 0 amide bonds. The van der Waals surface area contributed by atoms with Crippen molar-refractivity contribution in [3.05, 3.63) is 208 Å². The fraction of sp³-hybridized carbons (Fsp3) is 0.438. The predicted octanol–water partition coefficient (Wildman–Crippen LogP) is 30.1. The second-order valence-corrected chi connectivity index (χ2v) is 32.3. The highest BCUT2D eigenvalue weighted by Gasteiger charge is 2.49. The van der Waals surface area contributed by atoms with E-state index in [1.54, 1.807) is 22.3 Å². The second kappa shape index (κ2) is 29.2. The molecule has 0 N–H and O–H groups in total. The SMILES string of the molecule is CCCCCCCCC1(CCCCCCCC)c2cc(N(c3ccc4c(c3)C(C)(C)c3cc(-c5ccccc5C(C)(C)C)c5oc6ccccc6c5c3-4)c3ccccc3C)ccc2-c2cc3c(cc21)-c1c(ccc2oc4ccccc4c12)C3(CCCCCCCC)CCCCCCCC. The average molecular weight is 1310 g/mol. The van der Waals surface area contributed by atoms with Crippen LogP contribution in [0.2, 0.25) is 0 Å². The van der Waals surface area contributed by atoms with Gasteiger partial charge in [0.15, 0.2) is 0 Å². The van der Waals surface area contributed by atoms with E-state index >= 15 is 0 Å². The highest BCUT2D eigenvalue weighted by atomic mass is 16.3. The minimum Gasteiger partial charge on any atom is -0.456 e. The maximum atomic E-state index is 7.10. The highest BCUT2D eigenvalue weighted by molar-refractivity contribution is 6.19. The molecule has 0 saturated heterocycles. The average Bonchev–Trinajstić information content (AvgIpc) is 1.53. The fourth-order valence-corrected chi connectivity index (χ4v) is 19.1. The number of rotatable bonds is 32. The Hall–Kier alpha value is -7.62. The van der Waals surface area contributed by atoms with Gasteiger partial charge in [-0.2, -0.15) is 0 Å².